The molecule has 0 spiro atoms. The number of fused-ring (bicyclic) bond motifs is 1. The summed E-state index contributed by atoms with van der Waals surface area (Å²) in [6.45, 7) is 4.08. The third kappa shape index (κ3) is 3.40. The van der Waals surface area contributed by atoms with E-state index in [9.17, 15) is 4.79 Å². The second kappa shape index (κ2) is 7.44. The first-order valence-electron chi connectivity index (χ1n) is 8.91. The van der Waals surface area contributed by atoms with Crippen molar-refractivity contribution in [1.29, 1.82) is 0 Å². The predicted octanol–water partition coefficient (Wildman–Crippen LogP) is 3.80. The van der Waals surface area contributed by atoms with Crippen LogP contribution in [0.5, 0.6) is 0 Å². The molecular weight excluding hydrogens is 350 g/mol. The van der Waals surface area contributed by atoms with Gasteiger partial charge in [0, 0.05) is 46.6 Å². The van der Waals surface area contributed by atoms with Crippen LogP contribution in [0, 0.1) is 13.8 Å². The number of benzene rings is 1. The summed E-state index contributed by atoms with van der Waals surface area (Å²) < 4.78 is 2.16. The summed E-state index contributed by atoms with van der Waals surface area (Å²) in [5.41, 5.74) is 6.96. The number of hydrazone groups is 1. The van der Waals surface area contributed by atoms with Crippen molar-refractivity contribution in [3.05, 3.63) is 89.8 Å². The van der Waals surface area contributed by atoms with Crippen molar-refractivity contribution in [2.45, 2.75) is 13.8 Å². The fraction of sp³-hybridized carbons (Fsp3) is 0.0909. The van der Waals surface area contributed by atoms with Crippen LogP contribution in [0.25, 0.3) is 16.5 Å². The highest BCUT2D eigenvalue weighted by Crippen LogP contribution is 2.23. The number of amides is 1. The van der Waals surface area contributed by atoms with E-state index in [2.05, 4.69) is 43.3 Å². The second-order valence-corrected chi connectivity index (χ2v) is 6.48. The normalized spacial score (nSPS) is 11.2. The van der Waals surface area contributed by atoms with Crippen molar-refractivity contribution in [3.63, 3.8) is 0 Å². The summed E-state index contributed by atoms with van der Waals surface area (Å²) in [5, 5.41) is 6.33. The van der Waals surface area contributed by atoms with E-state index in [4.69, 9.17) is 0 Å². The standard InChI is InChI=1S/C22H19N5O/c1-15-11-18(14-25-26-22(28)21-5-3-4-9-24-21)16(2)27(15)20-7-6-17-8-10-23-13-19(17)12-20/h3-14H,1-2H3,(H,26,28)/b25-14+. The molecular formula is C22H19N5O. The zero-order valence-electron chi connectivity index (χ0n) is 15.6. The van der Waals surface area contributed by atoms with Crippen LogP contribution in [-0.4, -0.2) is 26.7 Å². The SMILES string of the molecule is Cc1cc(/C=N/NC(=O)c2ccccn2)c(C)n1-c1ccc2ccncc2c1. The van der Waals surface area contributed by atoms with Gasteiger partial charge in [0.05, 0.1) is 6.21 Å². The minimum atomic E-state index is -0.340. The molecule has 6 nitrogen and oxygen atoms in total. The number of aryl methyl sites for hydroxylation is 1. The number of aromatic nitrogens is 3. The molecule has 0 atom stereocenters. The molecule has 0 saturated carbocycles. The minimum absolute atomic E-state index is 0.329. The summed E-state index contributed by atoms with van der Waals surface area (Å²) in [7, 11) is 0. The number of hydrogen-bond donors (Lipinski definition) is 1. The smallest absolute Gasteiger partial charge is 0.289 e. The number of nitrogens with one attached hydrogen (secondary N) is 1. The Bertz CT molecular complexity index is 1180. The highest BCUT2D eigenvalue weighted by atomic mass is 16.2. The number of rotatable bonds is 4. The lowest BCUT2D eigenvalue weighted by atomic mass is 10.1. The molecule has 4 rings (SSSR count). The van der Waals surface area contributed by atoms with Crippen molar-refractivity contribution in [2.75, 3.05) is 0 Å². The van der Waals surface area contributed by atoms with E-state index < -0.39 is 0 Å². The summed E-state index contributed by atoms with van der Waals surface area (Å²) in [4.78, 5) is 20.3. The molecule has 3 aromatic heterocycles. The van der Waals surface area contributed by atoms with Gasteiger partial charge in [-0.25, -0.2) is 5.43 Å². The Labute approximate surface area is 162 Å². The second-order valence-electron chi connectivity index (χ2n) is 6.48. The number of pyridine rings is 2. The van der Waals surface area contributed by atoms with Crippen LogP contribution in [0.1, 0.15) is 27.4 Å². The molecule has 0 radical (unpaired) electrons. The van der Waals surface area contributed by atoms with Gasteiger partial charge >= 0.3 is 0 Å². The number of hydrogen-bond acceptors (Lipinski definition) is 4. The van der Waals surface area contributed by atoms with E-state index in [1.807, 2.05) is 32.2 Å². The first-order valence-corrected chi connectivity index (χ1v) is 8.91. The van der Waals surface area contributed by atoms with Crippen LogP contribution in [0.15, 0.2) is 72.2 Å². The first-order chi connectivity index (χ1) is 13.6. The van der Waals surface area contributed by atoms with Gasteiger partial charge in [0.25, 0.3) is 5.91 Å². The molecule has 1 aromatic carbocycles. The van der Waals surface area contributed by atoms with Gasteiger partial charge < -0.3 is 4.57 Å². The van der Waals surface area contributed by atoms with Crippen LogP contribution in [0.4, 0.5) is 0 Å². The fourth-order valence-electron chi connectivity index (χ4n) is 3.24. The Kier molecular flexibility index (Phi) is 4.68. The molecule has 0 fully saturated rings. The molecule has 0 aliphatic heterocycles. The highest BCUT2D eigenvalue weighted by Gasteiger charge is 2.10. The molecule has 0 aliphatic rings. The number of nitrogens with zero attached hydrogens (tertiary/aromatic N) is 4. The molecule has 1 amide bonds. The van der Waals surface area contributed by atoms with E-state index >= 15 is 0 Å². The Morgan fingerprint density at radius 3 is 2.79 bits per heavy atom. The van der Waals surface area contributed by atoms with Gasteiger partial charge in [0.15, 0.2) is 0 Å². The van der Waals surface area contributed by atoms with E-state index in [1.54, 1.807) is 36.8 Å². The Hall–Kier alpha value is -3.80. The lowest BCUT2D eigenvalue weighted by Crippen LogP contribution is -2.18. The average molecular weight is 369 g/mol. The monoisotopic (exact) mass is 369 g/mol. The summed E-state index contributed by atoms with van der Waals surface area (Å²) in [5.74, 6) is -0.340. The molecule has 6 heteroatoms. The topological polar surface area (TPSA) is 72.2 Å². The van der Waals surface area contributed by atoms with Crippen LogP contribution >= 0.6 is 0 Å². The molecule has 0 bridgehead atoms. The zero-order valence-corrected chi connectivity index (χ0v) is 15.6. The highest BCUT2D eigenvalue weighted by molar-refractivity contribution is 5.93. The Balaban J connectivity index is 1.59. The molecule has 4 aromatic rings. The van der Waals surface area contributed by atoms with E-state index in [1.165, 1.54) is 0 Å². The van der Waals surface area contributed by atoms with Crippen LogP contribution in [0.3, 0.4) is 0 Å². The average Bonchev–Trinajstić information content (AvgIpc) is 3.01. The summed E-state index contributed by atoms with van der Waals surface area (Å²) >= 11 is 0. The lowest BCUT2D eigenvalue weighted by molar-refractivity contribution is 0.0950. The van der Waals surface area contributed by atoms with Crippen LogP contribution in [0.2, 0.25) is 0 Å². The maximum atomic E-state index is 12.0. The van der Waals surface area contributed by atoms with Gasteiger partial charge in [-0.15, -0.1) is 0 Å². The minimum Gasteiger partial charge on any atom is -0.318 e. The van der Waals surface area contributed by atoms with Gasteiger partial charge in [-0.3, -0.25) is 14.8 Å². The van der Waals surface area contributed by atoms with Crippen molar-refractivity contribution in [1.82, 2.24) is 20.0 Å². The number of carbonyl (C=O) groups excluding carboxylic acids is 1. The van der Waals surface area contributed by atoms with Crippen LogP contribution in [-0.2, 0) is 0 Å². The number of carbonyl (C=O) groups is 1. The summed E-state index contributed by atoms with van der Waals surface area (Å²) in [6, 6.07) is 15.5. The van der Waals surface area contributed by atoms with E-state index in [0.29, 0.717) is 5.69 Å². The Morgan fingerprint density at radius 2 is 1.96 bits per heavy atom. The molecule has 3 heterocycles. The van der Waals surface area contributed by atoms with Gasteiger partial charge in [-0.05, 0) is 55.6 Å². The van der Waals surface area contributed by atoms with E-state index in [-0.39, 0.29) is 5.91 Å². The molecule has 0 aliphatic carbocycles. The molecule has 1 N–H and O–H groups in total. The van der Waals surface area contributed by atoms with Crippen molar-refractivity contribution in [3.8, 4) is 5.69 Å². The van der Waals surface area contributed by atoms with Gasteiger partial charge in [-0.1, -0.05) is 12.1 Å². The molecule has 0 saturated heterocycles. The fourth-order valence-corrected chi connectivity index (χ4v) is 3.24. The lowest BCUT2D eigenvalue weighted by Gasteiger charge is -2.10. The zero-order chi connectivity index (χ0) is 19.5. The summed E-state index contributed by atoms with van der Waals surface area (Å²) in [6.07, 6.45) is 6.89. The molecule has 138 valence electrons. The van der Waals surface area contributed by atoms with Crippen LogP contribution < -0.4 is 5.43 Å². The molecule has 28 heavy (non-hydrogen) atoms. The Morgan fingerprint density at radius 1 is 1.07 bits per heavy atom. The third-order valence-corrected chi connectivity index (χ3v) is 4.62. The van der Waals surface area contributed by atoms with Gasteiger partial charge in [-0.2, -0.15) is 5.10 Å². The van der Waals surface area contributed by atoms with Crippen molar-refractivity contribution >= 4 is 22.9 Å². The van der Waals surface area contributed by atoms with Crippen molar-refractivity contribution < 1.29 is 4.79 Å². The largest absolute Gasteiger partial charge is 0.318 e. The maximum absolute atomic E-state index is 12.0. The predicted molar refractivity (Wildman–Crippen MR) is 110 cm³/mol. The third-order valence-electron chi connectivity index (χ3n) is 4.62. The van der Waals surface area contributed by atoms with Gasteiger partial charge in [0.1, 0.15) is 5.69 Å². The molecule has 0 unspecified atom stereocenters. The maximum Gasteiger partial charge on any atom is 0.289 e. The first kappa shape index (κ1) is 17.6. The van der Waals surface area contributed by atoms with Gasteiger partial charge in [0.2, 0.25) is 0 Å². The quantitative estimate of drug-likeness (QED) is 0.439. The van der Waals surface area contributed by atoms with E-state index in [0.717, 1.165) is 33.4 Å². The van der Waals surface area contributed by atoms with Crippen molar-refractivity contribution in [2.24, 2.45) is 5.10 Å².